The molecular formula is C24H20F2N4O2. The van der Waals surface area contributed by atoms with Crippen LogP contribution in [0, 0.1) is 17.6 Å². The Morgan fingerprint density at radius 3 is 2.66 bits per heavy atom. The zero-order valence-electron chi connectivity index (χ0n) is 17.1. The number of aromatic nitrogens is 2. The van der Waals surface area contributed by atoms with Crippen molar-refractivity contribution in [3.63, 3.8) is 0 Å². The first kappa shape index (κ1) is 20.1. The number of carbonyl (C=O) groups excluding carboxylic acids is 1. The van der Waals surface area contributed by atoms with Crippen molar-refractivity contribution in [1.82, 2.24) is 14.9 Å². The number of hydrogen-bond acceptors (Lipinski definition) is 4. The monoisotopic (exact) mass is 434 g/mol. The van der Waals surface area contributed by atoms with Crippen LogP contribution >= 0.6 is 0 Å². The van der Waals surface area contributed by atoms with E-state index >= 15 is 0 Å². The number of nitrogens with one attached hydrogen (secondary N) is 2. The first-order valence-electron chi connectivity index (χ1n) is 10.4. The van der Waals surface area contributed by atoms with Crippen LogP contribution in [0.15, 0.2) is 59.5 Å². The Balaban J connectivity index is 1.34. The zero-order chi connectivity index (χ0) is 22.2. The Labute approximate surface area is 181 Å². The molecule has 1 saturated heterocycles. The van der Waals surface area contributed by atoms with Gasteiger partial charge in [-0.1, -0.05) is 18.2 Å². The molecule has 2 aromatic heterocycles. The van der Waals surface area contributed by atoms with Crippen LogP contribution in [0.25, 0.3) is 21.8 Å². The lowest BCUT2D eigenvalue weighted by Crippen LogP contribution is -2.30. The van der Waals surface area contributed by atoms with E-state index in [0.717, 1.165) is 41.1 Å². The SMILES string of the molecule is O=C(c1cc(F)cc(F)c1)N1CCC(CNc2ccnc3[nH]c(=O)c4ccccc4c23)C1. The van der Waals surface area contributed by atoms with Crippen LogP contribution in [0.1, 0.15) is 16.8 Å². The Hall–Kier alpha value is -3.81. The molecule has 1 fully saturated rings. The molecule has 1 unspecified atom stereocenters. The third-order valence-corrected chi connectivity index (χ3v) is 5.89. The van der Waals surface area contributed by atoms with Crippen molar-refractivity contribution in [2.75, 3.05) is 25.0 Å². The summed E-state index contributed by atoms with van der Waals surface area (Å²) in [5.41, 5.74) is 1.19. The fraction of sp³-hybridized carbons (Fsp3) is 0.208. The van der Waals surface area contributed by atoms with Gasteiger partial charge in [-0.2, -0.15) is 0 Å². The number of halogens is 2. The van der Waals surface area contributed by atoms with Crippen LogP contribution in [-0.4, -0.2) is 40.4 Å². The highest BCUT2D eigenvalue weighted by Crippen LogP contribution is 2.28. The summed E-state index contributed by atoms with van der Waals surface area (Å²) in [5.74, 6) is -1.72. The van der Waals surface area contributed by atoms with Gasteiger partial charge in [-0.15, -0.1) is 0 Å². The molecule has 1 aliphatic rings. The van der Waals surface area contributed by atoms with Crippen molar-refractivity contribution in [1.29, 1.82) is 0 Å². The second kappa shape index (κ2) is 8.03. The molecule has 3 heterocycles. The number of hydrogen-bond donors (Lipinski definition) is 2. The number of likely N-dealkylation sites (tertiary alicyclic amines) is 1. The number of H-pyrrole nitrogens is 1. The van der Waals surface area contributed by atoms with Crippen molar-refractivity contribution in [3.8, 4) is 0 Å². The summed E-state index contributed by atoms with van der Waals surface area (Å²) in [7, 11) is 0. The molecule has 0 saturated carbocycles. The van der Waals surface area contributed by atoms with Crippen LogP contribution in [-0.2, 0) is 0 Å². The van der Waals surface area contributed by atoms with E-state index in [1.54, 1.807) is 17.2 Å². The minimum atomic E-state index is -0.763. The molecule has 8 heteroatoms. The number of aromatic amines is 1. The molecule has 2 aromatic carbocycles. The molecule has 0 aliphatic carbocycles. The quantitative estimate of drug-likeness (QED) is 0.477. The maximum atomic E-state index is 13.5. The lowest BCUT2D eigenvalue weighted by atomic mass is 10.1. The average molecular weight is 434 g/mol. The minimum absolute atomic E-state index is 0.0201. The van der Waals surface area contributed by atoms with Gasteiger partial charge in [0.05, 0.1) is 0 Å². The van der Waals surface area contributed by atoms with Gasteiger partial charge in [-0.25, -0.2) is 13.8 Å². The Morgan fingerprint density at radius 2 is 1.88 bits per heavy atom. The van der Waals surface area contributed by atoms with Gasteiger partial charge in [-0.3, -0.25) is 9.59 Å². The third-order valence-electron chi connectivity index (χ3n) is 5.89. The number of pyridine rings is 2. The first-order valence-corrected chi connectivity index (χ1v) is 10.4. The van der Waals surface area contributed by atoms with Gasteiger partial charge in [0.25, 0.3) is 11.5 Å². The van der Waals surface area contributed by atoms with Crippen LogP contribution in [0.4, 0.5) is 14.5 Å². The summed E-state index contributed by atoms with van der Waals surface area (Å²) >= 11 is 0. The van der Waals surface area contributed by atoms with Crippen LogP contribution in [0.5, 0.6) is 0 Å². The second-order valence-electron chi connectivity index (χ2n) is 8.03. The molecule has 6 nitrogen and oxygen atoms in total. The molecule has 1 atom stereocenters. The number of amides is 1. The van der Waals surface area contributed by atoms with E-state index in [9.17, 15) is 18.4 Å². The van der Waals surface area contributed by atoms with Gasteiger partial charge in [-0.05, 0) is 36.6 Å². The second-order valence-corrected chi connectivity index (χ2v) is 8.03. The standard InChI is InChI=1S/C24H20F2N4O2/c25-16-9-15(10-17(26)11-16)24(32)30-8-6-14(13-30)12-28-20-5-7-27-22-21(20)18-3-1-2-4-19(18)23(31)29-22/h1-5,7,9-11,14H,6,8,12-13H2,(H2,27,28,29,31). The topological polar surface area (TPSA) is 78.1 Å². The maximum Gasteiger partial charge on any atom is 0.257 e. The van der Waals surface area contributed by atoms with E-state index in [-0.39, 0.29) is 22.9 Å². The first-order chi connectivity index (χ1) is 15.5. The number of rotatable bonds is 4. The highest BCUT2D eigenvalue weighted by Gasteiger charge is 2.27. The van der Waals surface area contributed by atoms with E-state index in [1.807, 2.05) is 24.3 Å². The molecule has 0 radical (unpaired) electrons. The Morgan fingerprint density at radius 1 is 1.12 bits per heavy atom. The fourth-order valence-corrected chi connectivity index (χ4v) is 4.35. The summed E-state index contributed by atoms with van der Waals surface area (Å²) in [6, 6.07) is 12.1. The van der Waals surface area contributed by atoms with Crippen LogP contribution in [0.2, 0.25) is 0 Å². The number of carbonyl (C=O) groups is 1. The summed E-state index contributed by atoms with van der Waals surface area (Å²) in [6.07, 6.45) is 2.41. The lowest BCUT2D eigenvalue weighted by molar-refractivity contribution is 0.0787. The highest BCUT2D eigenvalue weighted by atomic mass is 19.1. The fourth-order valence-electron chi connectivity index (χ4n) is 4.35. The zero-order valence-corrected chi connectivity index (χ0v) is 17.1. The van der Waals surface area contributed by atoms with Gasteiger partial charge >= 0.3 is 0 Å². The van der Waals surface area contributed by atoms with Gasteiger partial charge in [0, 0.05) is 59.3 Å². The molecule has 4 aromatic rings. The summed E-state index contributed by atoms with van der Waals surface area (Å²) in [6.45, 7) is 1.62. The van der Waals surface area contributed by atoms with Gasteiger partial charge in [0.1, 0.15) is 17.3 Å². The summed E-state index contributed by atoms with van der Waals surface area (Å²) in [4.78, 5) is 33.7. The van der Waals surface area contributed by atoms with Crippen molar-refractivity contribution in [3.05, 3.63) is 82.3 Å². The number of nitrogens with zero attached hydrogens (tertiary/aromatic N) is 2. The minimum Gasteiger partial charge on any atom is -0.384 e. The third kappa shape index (κ3) is 3.68. The maximum absolute atomic E-state index is 13.5. The van der Waals surface area contributed by atoms with Crippen molar-refractivity contribution >= 4 is 33.4 Å². The van der Waals surface area contributed by atoms with Crippen LogP contribution < -0.4 is 10.9 Å². The summed E-state index contributed by atoms with van der Waals surface area (Å²) < 4.78 is 27.0. The number of anilines is 1. The largest absolute Gasteiger partial charge is 0.384 e. The van der Waals surface area contributed by atoms with E-state index in [1.165, 1.54) is 0 Å². The Bertz CT molecular complexity index is 1380. The van der Waals surface area contributed by atoms with Crippen molar-refractivity contribution in [2.24, 2.45) is 5.92 Å². The van der Waals surface area contributed by atoms with E-state index in [4.69, 9.17) is 0 Å². The molecular weight excluding hydrogens is 414 g/mol. The molecule has 32 heavy (non-hydrogen) atoms. The number of fused-ring (bicyclic) bond motifs is 3. The molecule has 0 bridgehead atoms. The number of benzene rings is 2. The van der Waals surface area contributed by atoms with Crippen molar-refractivity contribution < 1.29 is 13.6 Å². The average Bonchev–Trinajstić information content (AvgIpc) is 3.25. The Kier molecular flexibility index (Phi) is 5.05. The molecule has 1 aliphatic heterocycles. The van der Waals surface area contributed by atoms with E-state index < -0.39 is 11.6 Å². The molecule has 2 N–H and O–H groups in total. The van der Waals surface area contributed by atoms with Crippen LogP contribution in [0.3, 0.4) is 0 Å². The van der Waals surface area contributed by atoms with Gasteiger partial charge in [0.15, 0.2) is 0 Å². The van der Waals surface area contributed by atoms with Crippen molar-refractivity contribution in [2.45, 2.75) is 6.42 Å². The smallest absolute Gasteiger partial charge is 0.257 e. The molecule has 0 spiro atoms. The van der Waals surface area contributed by atoms with E-state index in [0.29, 0.717) is 30.7 Å². The predicted molar refractivity (Wildman–Crippen MR) is 119 cm³/mol. The normalized spacial score (nSPS) is 16.1. The molecule has 1 amide bonds. The summed E-state index contributed by atoms with van der Waals surface area (Å²) in [5, 5.41) is 5.69. The molecule has 162 valence electrons. The van der Waals surface area contributed by atoms with Gasteiger partial charge in [0.2, 0.25) is 0 Å². The highest BCUT2D eigenvalue weighted by molar-refractivity contribution is 6.10. The molecule has 5 rings (SSSR count). The van der Waals surface area contributed by atoms with Gasteiger partial charge < -0.3 is 15.2 Å². The van der Waals surface area contributed by atoms with E-state index in [2.05, 4.69) is 15.3 Å². The predicted octanol–water partition coefficient (Wildman–Crippen LogP) is 3.93. The lowest BCUT2D eigenvalue weighted by Gasteiger charge is -2.18.